The first kappa shape index (κ1) is 16.4. The number of nitrogens with zero attached hydrogens (tertiary/aromatic N) is 1. The van der Waals surface area contributed by atoms with Crippen LogP contribution in [0.2, 0.25) is 0 Å². The number of amides is 4. The lowest BCUT2D eigenvalue weighted by Crippen LogP contribution is -3.12. The minimum atomic E-state index is -1.06. The highest BCUT2D eigenvalue weighted by atomic mass is 16.2. The largest absolute Gasteiger partial charge is 0.348 e. The molecule has 1 aliphatic heterocycles. The minimum Gasteiger partial charge on any atom is -0.348 e. The summed E-state index contributed by atoms with van der Waals surface area (Å²) in [5, 5.41) is 5.68. The molecule has 0 bridgehead atoms. The third kappa shape index (κ3) is 3.26. The molecule has 3 rings (SSSR count). The molecule has 1 saturated heterocycles. The lowest BCUT2D eigenvalue weighted by atomic mass is 9.92. The van der Waals surface area contributed by atoms with Crippen molar-refractivity contribution in [1.82, 2.24) is 15.5 Å². The van der Waals surface area contributed by atoms with Crippen LogP contribution in [0.25, 0.3) is 0 Å². The number of benzene rings is 1. The number of urea groups is 1. The van der Waals surface area contributed by atoms with Crippen molar-refractivity contribution in [1.29, 1.82) is 0 Å². The van der Waals surface area contributed by atoms with E-state index in [0.29, 0.717) is 6.04 Å². The van der Waals surface area contributed by atoms with Gasteiger partial charge in [0.25, 0.3) is 11.8 Å². The number of carbonyl (C=O) groups is 3. The SMILES string of the molecule is C[NH+](CC(=O)NC1CC1)CN1C(=O)N[C@@](C)(c2ccccc2)C1=O. The van der Waals surface area contributed by atoms with Crippen LogP contribution in [-0.4, -0.2) is 49.0 Å². The maximum atomic E-state index is 12.8. The van der Waals surface area contributed by atoms with Gasteiger partial charge >= 0.3 is 6.03 Å². The lowest BCUT2D eigenvalue weighted by molar-refractivity contribution is -0.879. The zero-order valence-corrected chi connectivity index (χ0v) is 14.0. The van der Waals surface area contributed by atoms with Gasteiger partial charge in [-0.05, 0) is 25.3 Å². The third-order valence-electron chi connectivity index (χ3n) is 4.46. The molecule has 4 amide bonds. The molecule has 0 spiro atoms. The molecule has 7 nitrogen and oxygen atoms in total. The highest BCUT2D eigenvalue weighted by Gasteiger charge is 2.50. The number of carbonyl (C=O) groups excluding carboxylic acids is 3. The molecule has 1 aromatic carbocycles. The number of hydrogen-bond acceptors (Lipinski definition) is 3. The Morgan fingerprint density at radius 3 is 2.62 bits per heavy atom. The zero-order chi connectivity index (χ0) is 17.3. The number of quaternary nitrogens is 1. The summed E-state index contributed by atoms with van der Waals surface area (Å²) in [5.41, 5.74) is -0.315. The molecule has 24 heavy (non-hydrogen) atoms. The van der Waals surface area contributed by atoms with Gasteiger partial charge in [-0.1, -0.05) is 30.3 Å². The third-order valence-corrected chi connectivity index (χ3v) is 4.46. The molecule has 3 N–H and O–H groups in total. The van der Waals surface area contributed by atoms with Gasteiger partial charge in [-0.15, -0.1) is 0 Å². The zero-order valence-electron chi connectivity index (χ0n) is 14.0. The smallest absolute Gasteiger partial charge is 0.329 e. The fourth-order valence-electron chi connectivity index (χ4n) is 2.91. The fraction of sp³-hybridized carbons (Fsp3) is 0.471. The Bertz CT molecular complexity index is 659. The van der Waals surface area contributed by atoms with Gasteiger partial charge in [0.05, 0.1) is 7.05 Å². The highest BCUT2D eigenvalue weighted by Crippen LogP contribution is 2.27. The van der Waals surface area contributed by atoms with Crippen LogP contribution in [0.1, 0.15) is 25.3 Å². The number of likely N-dealkylation sites (N-methyl/N-ethyl adjacent to an activating group) is 1. The standard InChI is InChI=1S/C17H22N4O3/c1-17(12-6-4-3-5-7-12)15(23)21(16(24)19-17)11-20(2)10-14(22)18-13-8-9-13/h3-7,13H,8-11H2,1-2H3,(H,18,22)(H,19,24)/p+1/t17-/m0/s1. The van der Waals surface area contributed by atoms with Gasteiger partial charge in [-0.25, -0.2) is 9.69 Å². The average molecular weight is 331 g/mol. The van der Waals surface area contributed by atoms with Gasteiger partial charge in [-0.2, -0.15) is 0 Å². The van der Waals surface area contributed by atoms with Crippen molar-refractivity contribution < 1.29 is 19.3 Å². The van der Waals surface area contributed by atoms with E-state index in [0.717, 1.165) is 23.3 Å². The van der Waals surface area contributed by atoms with Crippen LogP contribution in [0.3, 0.4) is 0 Å². The minimum absolute atomic E-state index is 0.0483. The van der Waals surface area contributed by atoms with Gasteiger partial charge in [0, 0.05) is 6.04 Å². The van der Waals surface area contributed by atoms with E-state index in [9.17, 15) is 14.4 Å². The van der Waals surface area contributed by atoms with E-state index in [1.807, 2.05) is 30.3 Å². The Morgan fingerprint density at radius 1 is 1.33 bits per heavy atom. The predicted octanol–water partition coefficient (Wildman–Crippen LogP) is -0.796. The van der Waals surface area contributed by atoms with Crippen molar-refractivity contribution in [3.05, 3.63) is 35.9 Å². The summed E-state index contributed by atoms with van der Waals surface area (Å²) < 4.78 is 0. The number of nitrogens with one attached hydrogen (secondary N) is 3. The van der Waals surface area contributed by atoms with Crippen LogP contribution in [-0.2, 0) is 15.1 Å². The molecule has 0 radical (unpaired) electrons. The van der Waals surface area contributed by atoms with Gasteiger partial charge in [0.15, 0.2) is 13.2 Å². The summed E-state index contributed by atoms with van der Waals surface area (Å²) in [6.07, 6.45) is 2.07. The van der Waals surface area contributed by atoms with Crippen molar-refractivity contribution in [2.45, 2.75) is 31.3 Å². The Balaban J connectivity index is 1.64. The summed E-state index contributed by atoms with van der Waals surface area (Å²) in [6.45, 7) is 2.10. The van der Waals surface area contributed by atoms with Crippen LogP contribution in [0.4, 0.5) is 4.79 Å². The van der Waals surface area contributed by atoms with Crippen LogP contribution in [0.5, 0.6) is 0 Å². The molecule has 0 aromatic heterocycles. The first-order valence-electron chi connectivity index (χ1n) is 8.20. The quantitative estimate of drug-likeness (QED) is 0.597. The van der Waals surface area contributed by atoms with Crippen LogP contribution in [0.15, 0.2) is 30.3 Å². The molecule has 7 heteroatoms. The predicted molar refractivity (Wildman–Crippen MR) is 87.0 cm³/mol. The second-order valence-corrected chi connectivity index (χ2v) is 6.79. The summed E-state index contributed by atoms with van der Waals surface area (Å²) >= 11 is 0. The first-order valence-corrected chi connectivity index (χ1v) is 8.20. The second kappa shape index (κ2) is 6.24. The molecular formula is C17H23N4O3+. The fourth-order valence-corrected chi connectivity index (χ4v) is 2.91. The molecule has 1 saturated carbocycles. The lowest BCUT2D eigenvalue weighted by Gasteiger charge is -2.23. The maximum absolute atomic E-state index is 12.8. The second-order valence-electron chi connectivity index (χ2n) is 6.79. The van der Waals surface area contributed by atoms with E-state index >= 15 is 0 Å². The summed E-state index contributed by atoms with van der Waals surface area (Å²) in [5.74, 6) is -0.339. The number of imide groups is 1. The van der Waals surface area contributed by atoms with Crippen LogP contribution < -0.4 is 15.5 Å². The van der Waals surface area contributed by atoms with Crippen LogP contribution in [0, 0.1) is 0 Å². The molecule has 1 aromatic rings. The maximum Gasteiger partial charge on any atom is 0.329 e. The van der Waals surface area contributed by atoms with Gasteiger partial charge < -0.3 is 15.5 Å². The molecule has 2 aliphatic rings. The topological polar surface area (TPSA) is 82.9 Å². The van der Waals surface area contributed by atoms with E-state index in [4.69, 9.17) is 0 Å². The van der Waals surface area contributed by atoms with E-state index in [-0.39, 0.29) is 25.0 Å². The molecular weight excluding hydrogens is 308 g/mol. The Labute approximate surface area is 141 Å². The Morgan fingerprint density at radius 2 is 2.00 bits per heavy atom. The van der Waals surface area contributed by atoms with Crippen LogP contribution >= 0.6 is 0 Å². The summed E-state index contributed by atoms with van der Waals surface area (Å²) in [7, 11) is 1.80. The van der Waals surface area contributed by atoms with Gasteiger partial charge in [0.1, 0.15) is 5.54 Å². The van der Waals surface area contributed by atoms with E-state index in [1.165, 1.54) is 4.90 Å². The number of rotatable bonds is 6. The summed E-state index contributed by atoms with van der Waals surface area (Å²) in [4.78, 5) is 38.9. The van der Waals surface area contributed by atoms with Gasteiger partial charge in [-0.3, -0.25) is 9.59 Å². The molecule has 2 fully saturated rings. The van der Waals surface area contributed by atoms with E-state index < -0.39 is 11.6 Å². The average Bonchev–Trinajstić information content (AvgIpc) is 3.32. The Kier molecular flexibility index (Phi) is 4.28. The van der Waals surface area contributed by atoms with Crippen molar-refractivity contribution in [2.75, 3.05) is 20.3 Å². The van der Waals surface area contributed by atoms with E-state index in [1.54, 1.807) is 14.0 Å². The molecule has 1 heterocycles. The van der Waals surface area contributed by atoms with Gasteiger partial charge in [0.2, 0.25) is 0 Å². The van der Waals surface area contributed by atoms with Crippen molar-refractivity contribution in [2.24, 2.45) is 0 Å². The first-order chi connectivity index (χ1) is 11.4. The molecule has 1 unspecified atom stereocenters. The molecule has 2 atom stereocenters. The monoisotopic (exact) mass is 331 g/mol. The molecule has 1 aliphatic carbocycles. The van der Waals surface area contributed by atoms with Crippen molar-refractivity contribution >= 4 is 17.8 Å². The molecule has 128 valence electrons. The number of hydrogen-bond donors (Lipinski definition) is 3. The Hall–Kier alpha value is -2.41. The normalized spacial score (nSPS) is 24.7. The summed E-state index contributed by atoms with van der Waals surface area (Å²) in [6, 6.07) is 9.06. The van der Waals surface area contributed by atoms with E-state index in [2.05, 4.69) is 10.6 Å². The van der Waals surface area contributed by atoms with Crippen molar-refractivity contribution in [3.63, 3.8) is 0 Å². The van der Waals surface area contributed by atoms with Crippen molar-refractivity contribution in [3.8, 4) is 0 Å². The highest BCUT2D eigenvalue weighted by molar-refractivity contribution is 6.07.